The zero-order valence-corrected chi connectivity index (χ0v) is 6.34. The van der Waals surface area contributed by atoms with Gasteiger partial charge in [0.1, 0.15) is 0 Å². The molecule has 3 atom stereocenters. The maximum atomic E-state index is 9.01. The summed E-state index contributed by atoms with van der Waals surface area (Å²) < 4.78 is 5.04. The van der Waals surface area contributed by atoms with Gasteiger partial charge in [-0.15, -0.1) is 0 Å². The van der Waals surface area contributed by atoms with Gasteiger partial charge in [0.25, 0.3) is 0 Å². The van der Waals surface area contributed by atoms with Crippen LogP contribution in [-0.2, 0) is 4.74 Å². The van der Waals surface area contributed by atoms with Gasteiger partial charge in [-0.05, 0) is 25.3 Å². The first kappa shape index (κ1) is 8.33. The average Bonchev–Trinajstić information content (AvgIpc) is 1.95. The zero-order valence-electron chi connectivity index (χ0n) is 6.34. The van der Waals surface area contributed by atoms with Gasteiger partial charge in [-0.1, -0.05) is 5.11 Å². The highest BCUT2D eigenvalue weighted by atomic mass is 16.6. The smallest absolute Gasteiger partial charge is 0.154 e. The van der Waals surface area contributed by atoms with Crippen LogP contribution in [0.4, 0.5) is 0 Å². The molecule has 1 unspecified atom stereocenters. The van der Waals surface area contributed by atoms with Crippen molar-refractivity contribution < 1.29 is 9.84 Å². The van der Waals surface area contributed by atoms with E-state index in [1.807, 2.05) is 0 Å². The predicted octanol–water partition coefficient (Wildman–Crippen LogP) is 1.18. The first-order chi connectivity index (χ1) is 5.24. The minimum absolute atomic E-state index is 0.122. The molecule has 0 amide bonds. The summed E-state index contributed by atoms with van der Waals surface area (Å²) in [5, 5.41) is 12.6. The maximum absolute atomic E-state index is 9.01. The van der Waals surface area contributed by atoms with Gasteiger partial charge in [-0.3, -0.25) is 0 Å². The lowest BCUT2D eigenvalue weighted by Crippen LogP contribution is -2.35. The molecule has 0 aromatic heterocycles. The number of aliphatic hydroxyl groups is 1. The number of azide groups is 1. The van der Waals surface area contributed by atoms with Gasteiger partial charge in [0, 0.05) is 4.91 Å². The Labute approximate surface area is 64.6 Å². The summed E-state index contributed by atoms with van der Waals surface area (Å²) in [5.41, 5.74) is 8.14. The van der Waals surface area contributed by atoms with Gasteiger partial charge in [-0.25, -0.2) is 0 Å². The molecule has 0 bridgehead atoms. The Hall–Kier alpha value is -0.770. The lowest BCUT2D eigenvalue weighted by atomic mass is 10.0. The van der Waals surface area contributed by atoms with E-state index in [9.17, 15) is 0 Å². The third-order valence-electron chi connectivity index (χ3n) is 1.82. The van der Waals surface area contributed by atoms with Gasteiger partial charge in [0.2, 0.25) is 0 Å². The van der Waals surface area contributed by atoms with Gasteiger partial charge in [-0.2, -0.15) is 0 Å². The number of aliphatic hydroxyl groups excluding tert-OH is 1. The van der Waals surface area contributed by atoms with Crippen LogP contribution < -0.4 is 0 Å². The molecule has 0 saturated carbocycles. The predicted molar refractivity (Wildman–Crippen MR) is 38.7 cm³/mol. The second-order valence-electron chi connectivity index (χ2n) is 2.65. The molecule has 0 aromatic carbocycles. The van der Waals surface area contributed by atoms with E-state index >= 15 is 0 Å². The van der Waals surface area contributed by atoms with Gasteiger partial charge in [0.15, 0.2) is 6.29 Å². The van der Waals surface area contributed by atoms with Crippen molar-refractivity contribution in [2.24, 2.45) is 5.11 Å². The Kier molecular flexibility index (Phi) is 2.70. The van der Waals surface area contributed by atoms with E-state index in [-0.39, 0.29) is 12.1 Å². The Morgan fingerprint density at radius 2 is 2.36 bits per heavy atom. The molecular formula is C6H11N3O2. The molecule has 11 heavy (non-hydrogen) atoms. The number of hydrogen-bond donors (Lipinski definition) is 1. The van der Waals surface area contributed by atoms with E-state index in [2.05, 4.69) is 10.0 Å². The Bertz CT molecular complexity index is 179. The number of rotatable bonds is 1. The molecule has 5 heteroatoms. The van der Waals surface area contributed by atoms with Crippen molar-refractivity contribution in [2.75, 3.05) is 0 Å². The van der Waals surface area contributed by atoms with E-state index in [1.165, 1.54) is 0 Å². The van der Waals surface area contributed by atoms with Crippen molar-refractivity contribution in [3.05, 3.63) is 10.4 Å². The van der Waals surface area contributed by atoms with Crippen LogP contribution in [0.25, 0.3) is 10.4 Å². The van der Waals surface area contributed by atoms with Crippen LogP contribution in [0.2, 0.25) is 0 Å². The molecule has 1 rings (SSSR count). The number of nitrogens with zero attached hydrogens (tertiary/aromatic N) is 3. The van der Waals surface area contributed by atoms with E-state index in [0.717, 1.165) is 0 Å². The molecule has 1 saturated heterocycles. The summed E-state index contributed by atoms with van der Waals surface area (Å²) in [6.45, 7) is 1.79. The van der Waals surface area contributed by atoms with Gasteiger partial charge < -0.3 is 9.84 Å². The summed E-state index contributed by atoms with van der Waals surface area (Å²) in [5.74, 6) is 0. The molecule has 0 radical (unpaired) electrons. The minimum Gasteiger partial charge on any atom is -0.368 e. The van der Waals surface area contributed by atoms with Crippen molar-refractivity contribution >= 4 is 0 Å². The largest absolute Gasteiger partial charge is 0.368 e. The minimum atomic E-state index is -0.685. The Morgan fingerprint density at radius 3 is 2.91 bits per heavy atom. The van der Waals surface area contributed by atoms with Crippen molar-refractivity contribution in [1.82, 2.24) is 0 Å². The van der Waals surface area contributed by atoms with Crippen LogP contribution in [0.1, 0.15) is 19.8 Å². The van der Waals surface area contributed by atoms with Crippen molar-refractivity contribution in [2.45, 2.75) is 38.2 Å². The molecule has 0 spiro atoms. The second kappa shape index (κ2) is 3.57. The summed E-state index contributed by atoms with van der Waals surface area (Å²) in [4.78, 5) is 2.70. The van der Waals surface area contributed by atoms with E-state index in [4.69, 9.17) is 15.4 Å². The molecule has 1 aliphatic heterocycles. The van der Waals surface area contributed by atoms with Crippen molar-refractivity contribution in [3.8, 4) is 0 Å². The van der Waals surface area contributed by atoms with E-state index < -0.39 is 6.29 Å². The highest BCUT2D eigenvalue weighted by molar-refractivity contribution is 4.78. The molecule has 5 nitrogen and oxygen atoms in total. The molecule has 1 aliphatic rings. The quantitative estimate of drug-likeness (QED) is 0.352. The van der Waals surface area contributed by atoms with Crippen LogP contribution in [0.3, 0.4) is 0 Å². The number of ether oxygens (including phenoxy) is 1. The Balaban J connectivity index is 2.50. The molecule has 1 heterocycles. The Morgan fingerprint density at radius 1 is 1.64 bits per heavy atom. The molecule has 62 valence electrons. The first-order valence-electron chi connectivity index (χ1n) is 3.61. The lowest BCUT2D eigenvalue weighted by molar-refractivity contribution is -0.162. The molecule has 0 aliphatic carbocycles. The van der Waals surface area contributed by atoms with E-state index in [0.29, 0.717) is 12.8 Å². The summed E-state index contributed by atoms with van der Waals surface area (Å²) in [7, 11) is 0. The highest BCUT2D eigenvalue weighted by Crippen LogP contribution is 2.20. The lowest BCUT2D eigenvalue weighted by Gasteiger charge is -2.28. The van der Waals surface area contributed by atoms with Crippen LogP contribution in [0.15, 0.2) is 5.11 Å². The van der Waals surface area contributed by atoms with E-state index in [1.54, 1.807) is 6.92 Å². The van der Waals surface area contributed by atoms with Crippen molar-refractivity contribution in [1.29, 1.82) is 0 Å². The standard InChI is InChI=1S/C6H11N3O2/c1-4-5(8-9-7)2-3-6(10)11-4/h4-6,10H,2-3H2,1H3/t4-,5+,6?/m0/s1. The molecule has 1 N–H and O–H groups in total. The first-order valence-corrected chi connectivity index (χ1v) is 3.61. The summed E-state index contributed by atoms with van der Waals surface area (Å²) >= 11 is 0. The fourth-order valence-electron chi connectivity index (χ4n) is 1.17. The molecule has 1 fully saturated rings. The van der Waals surface area contributed by atoms with Crippen LogP contribution in [0, 0.1) is 0 Å². The fourth-order valence-corrected chi connectivity index (χ4v) is 1.17. The summed E-state index contributed by atoms with van der Waals surface area (Å²) in [6.07, 6.45) is 0.394. The van der Waals surface area contributed by atoms with Crippen LogP contribution >= 0.6 is 0 Å². The summed E-state index contributed by atoms with van der Waals surface area (Å²) in [6, 6.07) is -0.122. The topological polar surface area (TPSA) is 78.2 Å². The van der Waals surface area contributed by atoms with Gasteiger partial charge in [0.05, 0.1) is 12.1 Å². The van der Waals surface area contributed by atoms with Crippen LogP contribution in [-0.4, -0.2) is 23.5 Å². The van der Waals surface area contributed by atoms with Crippen molar-refractivity contribution in [3.63, 3.8) is 0 Å². The third-order valence-corrected chi connectivity index (χ3v) is 1.82. The highest BCUT2D eigenvalue weighted by Gasteiger charge is 2.25. The van der Waals surface area contributed by atoms with Gasteiger partial charge >= 0.3 is 0 Å². The maximum Gasteiger partial charge on any atom is 0.154 e. The third kappa shape index (κ3) is 2.08. The fraction of sp³-hybridized carbons (Fsp3) is 1.00. The second-order valence-corrected chi connectivity index (χ2v) is 2.65. The number of hydrogen-bond acceptors (Lipinski definition) is 3. The monoisotopic (exact) mass is 157 g/mol. The molecular weight excluding hydrogens is 146 g/mol. The zero-order chi connectivity index (χ0) is 8.27. The average molecular weight is 157 g/mol. The molecule has 0 aromatic rings. The normalized spacial score (nSPS) is 37.8. The van der Waals surface area contributed by atoms with Crippen LogP contribution in [0.5, 0.6) is 0 Å². The SMILES string of the molecule is C[C@@H]1OC(O)CC[C@H]1N=[N+]=[N-].